The van der Waals surface area contributed by atoms with E-state index >= 15 is 0 Å². The first-order valence-corrected chi connectivity index (χ1v) is 8.47. The molecule has 0 saturated heterocycles. The SMILES string of the molecule is CCc1[nH]nc(C(=O)N(CC)CCOC)c1S(=O)(=O)Cl. The van der Waals surface area contributed by atoms with Crippen LogP contribution in [0.2, 0.25) is 0 Å². The molecule has 1 amide bonds. The van der Waals surface area contributed by atoms with Crippen molar-refractivity contribution < 1.29 is 17.9 Å². The lowest BCUT2D eigenvalue weighted by Crippen LogP contribution is -2.34. The van der Waals surface area contributed by atoms with E-state index in [0.29, 0.717) is 31.8 Å². The number of rotatable bonds is 7. The van der Waals surface area contributed by atoms with Gasteiger partial charge in [0.15, 0.2) is 5.69 Å². The fraction of sp³-hybridized carbons (Fsp3) is 0.636. The Morgan fingerprint density at radius 1 is 1.45 bits per heavy atom. The van der Waals surface area contributed by atoms with Gasteiger partial charge in [-0.25, -0.2) is 8.42 Å². The van der Waals surface area contributed by atoms with Crippen molar-refractivity contribution in [2.75, 3.05) is 26.8 Å². The third-order valence-electron chi connectivity index (χ3n) is 2.83. The third-order valence-corrected chi connectivity index (χ3v) is 4.22. The number of hydrogen-bond acceptors (Lipinski definition) is 5. The van der Waals surface area contributed by atoms with Crippen molar-refractivity contribution in [2.45, 2.75) is 25.2 Å². The summed E-state index contributed by atoms with van der Waals surface area (Å²) in [4.78, 5) is 13.6. The molecule has 20 heavy (non-hydrogen) atoms. The van der Waals surface area contributed by atoms with Crippen molar-refractivity contribution >= 4 is 25.6 Å². The number of hydrogen-bond donors (Lipinski definition) is 1. The van der Waals surface area contributed by atoms with Crippen LogP contribution in [0.1, 0.15) is 30.0 Å². The smallest absolute Gasteiger partial charge is 0.275 e. The van der Waals surface area contributed by atoms with Crippen LogP contribution >= 0.6 is 10.7 Å². The summed E-state index contributed by atoms with van der Waals surface area (Å²) in [6.07, 6.45) is 0.381. The maximum atomic E-state index is 12.3. The van der Waals surface area contributed by atoms with Gasteiger partial charge in [0.2, 0.25) is 0 Å². The van der Waals surface area contributed by atoms with Gasteiger partial charge in [0.25, 0.3) is 15.0 Å². The van der Waals surface area contributed by atoms with E-state index in [2.05, 4.69) is 10.2 Å². The highest BCUT2D eigenvalue weighted by Crippen LogP contribution is 2.24. The molecule has 0 atom stereocenters. The number of ether oxygens (including phenoxy) is 1. The minimum atomic E-state index is -4.04. The molecule has 0 aliphatic heterocycles. The second kappa shape index (κ2) is 7.05. The van der Waals surface area contributed by atoms with Crippen LogP contribution in [0.4, 0.5) is 0 Å². The molecule has 1 rings (SSSR count). The molecule has 1 heterocycles. The fourth-order valence-electron chi connectivity index (χ4n) is 1.77. The Balaban J connectivity index is 3.19. The maximum Gasteiger partial charge on any atom is 0.275 e. The Hall–Kier alpha value is -1.12. The molecule has 1 aromatic heterocycles. The normalized spacial score (nSPS) is 11.6. The van der Waals surface area contributed by atoms with Crippen LogP contribution in [-0.2, 0) is 20.2 Å². The second-order valence-corrected chi connectivity index (χ2v) is 6.55. The summed E-state index contributed by atoms with van der Waals surface area (Å²) in [5.74, 6) is -0.486. The molecule has 7 nitrogen and oxygen atoms in total. The molecule has 1 aromatic rings. The van der Waals surface area contributed by atoms with Crippen LogP contribution < -0.4 is 0 Å². The lowest BCUT2D eigenvalue weighted by atomic mass is 10.2. The molecule has 9 heteroatoms. The van der Waals surface area contributed by atoms with Gasteiger partial charge < -0.3 is 9.64 Å². The van der Waals surface area contributed by atoms with Crippen molar-refractivity contribution in [2.24, 2.45) is 0 Å². The average Bonchev–Trinajstić information content (AvgIpc) is 2.83. The van der Waals surface area contributed by atoms with Crippen LogP contribution in [0.5, 0.6) is 0 Å². The predicted octanol–water partition coefficient (Wildman–Crippen LogP) is 1.01. The zero-order valence-electron chi connectivity index (χ0n) is 11.6. The lowest BCUT2D eigenvalue weighted by molar-refractivity contribution is 0.0697. The number of aromatic amines is 1. The molecule has 0 fully saturated rings. The van der Waals surface area contributed by atoms with E-state index in [1.165, 1.54) is 12.0 Å². The van der Waals surface area contributed by atoms with Crippen LogP contribution in [0.3, 0.4) is 0 Å². The van der Waals surface area contributed by atoms with Gasteiger partial charge in [0, 0.05) is 30.9 Å². The topological polar surface area (TPSA) is 92.4 Å². The zero-order chi connectivity index (χ0) is 15.3. The Morgan fingerprint density at radius 2 is 2.10 bits per heavy atom. The molecule has 0 aromatic carbocycles. The van der Waals surface area contributed by atoms with E-state index in [-0.39, 0.29) is 10.6 Å². The predicted molar refractivity (Wildman–Crippen MR) is 74.5 cm³/mol. The first-order chi connectivity index (χ1) is 9.36. The third kappa shape index (κ3) is 3.71. The van der Waals surface area contributed by atoms with Gasteiger partial charge in [-0.05, 0) is 13.3 Å². The maximum absolute atomic E-state index is 12.3. The molecule has 0 radical (unpaired) electrons. The molecule has 0 bridgehead atoms. The van der Waals surface area contributed by atoms with Crippen LogP contribution in [0, 0.1) is 0 Å². The van der Waals surface area contributed by atoms with E-state index in [0.717, 1.165) is 0 Å². The van der Waals surface area contributed by atoms with Crippen LogP contribution in [0.25, 0.3) is 0 Å². The number of likely N-dealkylation sites (N-methyl/N-ethyl adjacent to an activating group) is 1. The average molecular weight is 324 g/mol. The number of aromatic nitrogens is 2. The number of halogens is 1. The molecular formula is C11H18ClN3O4S. The summed E-state index contributed by atoms with van der Waals surface area (Å²) < 4.78 is 28.2. The molecule has 0 spiro atoms. The van der Waals surface area contributed by atoms with Crippen molar-refractivity contribution in [1.29, 1.82) is 0 Å². The number of methoxy groups -OCH3 is 1. The van der Waals surface area contributed by atoms with E-state index < -0.39 is 15.0 Å². The van der Waals surface area contributed by atoms with E-state index in [1.807, 2.05) is 0 Å². The van der Waals surface area contributed by atoms with Gasteiger partial charge in [-0.15, -0.1) is 0 Å². The molecule has 0 aliphatic rings. The van der Waals surface area contributed by atoms with Crippen LogP contribution in [-0.4, -0.2) is 56.2 Å². The zero-order valence-corrected chi connectivity index (χ0v) is 13.2. The minimum absolute atomic E-state index is 0.171. The number of H-pyrrole nitrogens is 1. The number of aryl methyl sites for hydroxylation is 1. The Morgan fingerprint density at radius 3 is 2.55 bits per heavy atom. The number of amides is 1. The summed E-state index contributed by atoms with van der Waals surface area (Å²) in [6.45, 7) is 4.65. The van der Waals surface area contributed by atoms with Crippen molar-refractivity contribution in [3.05, 3.63) is 11.4 Å². The van der Waals surface area contributed by atoms with Crippen molar-refractivity contribution in [3.63, 3.8) is 0 Å². The first kappa shape index (κ1) is 16.9. The quantitative estimate of drug-likeness (QED) is 0.756. The lowest BCUT2D eigenvalue weighted by Gasteiger charge is -2.19. The van der Waals surface area contributed by atoms with Crippen LogP contribution in [0.15, 0.2) is 4.90 Å². The van der Waals surface area contributed by atoms with Gasteiger partial charge in [-0.1, -0.05) is 6.92 Å². The highest BCUT2D eigenvalue weighted by atomic mass is 35.7. The minimum Gasteiger partial charge on any atom is -0.383 e. The molecule has 1 N–H and O–H groups in total. The second-order valence-electron chi connectivity index (χ2n) is 4.05. The number of nitrogens with one attached hydrogen (secondary N) is 1. The van der Waals surface area contributed by atoms with E-state index in [4.69, 9.17) is 15.4 Å². The standard InChI is InChI=1S/C11H18ClN3O4S/c1-4-8-10(20(12,17)18)9(14-13-8)11(16)15(5-2)6-7-19-3/h4-7H2,1-3H3,(H,13,14). The van der Waals surface area contributed by atoms with Crippen molar-refractivity contribution in [3.8, 4) is 0 Å². The number of carbonyl (C=O) groups is 1. The van der Waals surface area contributed by atoms with Gasteiger partial charge in [0.1, 0.15) is 4.90 Å². The summed E-state index contributed by atoms with van der Waals surface area (Å²) in [7, 11) is 2.89. The molecule has 0 unspecified atom stereocenters. The van der Waals surface area contributed by atoms with Gasteiger partial charge in [-0.3, -0.25) is 9.89 Å². The molecular weight excluding hydrogens is 306 g/mol. The van der Waals surface area contributed by atoms with E-state index in [1.54, 1.807) is 13.8 Å². The van der Waals surface area contributed by atoms with E-state index in [9.17, 15) is 13.2 Å². The summed E-state index contributed by atoms with van der Waals surface area (Å²) in [5.41, 5.74) is 0.154. The largest absolute Gasteiger partial charge is 0.383 e. The Kier molecular flexibility index (Phi) is 5.97. The highest BCUT2D eigenvalue weighted by molar-refractivity contribution is 8.13. The first-order valence-electron chi connectivity index (χ1n) is 6.16. The summed E-state index contributed by atoms with van der Waals surface area (Å²) in [6, 6.07) is 0. The number of carbonyl (C=O) groups excluding carboxylic acids is 1. The highest BCUT2D eigenvalue weighted by Gasteiger charge is 2.29. The fourth-order valence-corrected chi connectivity index (χ4v) is 3.12. The summed E-state index contributed by atoms with van der Waals surface area (Å²) in [5, 5.41) is 6.36. The molecule has 0 saturated carbocycles. The van der Waals surface area contributed by atoms with Gasteiger partial charge in [-0.2, -0.15) is 5.10 Å². The van der Waals surface area contributed by atoms with Crippen molar-refractivity contribution in [1.82, 2.24) is 15.1 Å². The Bertz CT molecular complexity index is 570. The van der Waals surface area contributed by atoms with Gasteiger partial charge >= 0.3 is 0 Å². The Labute approximate surface area is 122 Å². The monoisotopic (exact) mass is 323 g/mol. The van der Waals surface area contributed by atoms with Gasteiger partial charge in [0.05, 0.1) is 12.3 Å². The summed E-state index contributed by atoms with van der Waals surface area (Å²) >= 11 is 0. The number of nitrogens with zero attached hydrogens (tertiary/aromatic N) is 2. The molecule has 0 aliphatic carbocycles. The molecule has 114 valence electrons.